The van der Waals surface area contributed by atoms with E-state index in [1.807, 2.05) is 0 Å². The predicted molar refractivity (Wildman–Crippen MR) is 77.1 cm³/mol. The summed E-state index contributed by atoms with van der Waals surface area (Å²) in [6, 6.07) is 0. The van der Waals surface area contributed by atoms with E-state index < -0.39 is 5.97 Å². The van der Waals surface area contributed by atoms with Crippen molar-refractivity contribution >= 4 is 5.97 Å². The summed E-state index contributed by atoms with van der Waals surface area (Å²) in [4.78, 5) is 10.3. The van der Waals surface area contributed by atoms with Crippen molar-refractivity contribution in [1.29, 1.82) is 0 Å². The first-order chi connectivity index (χ1) is 9.22. The third-order valence-electron chi connectivity index (χ3n) is 3.58. The molecule has 0 fully saturated rings. The maximum atomic E-state index is 10.3. The molecule has 1 atom stereocenters. The van der Waals surface area contributed by atoms with Crippen LogP contribution in [-0.2, 0) is 9.53 Å². The Morgan fingerprint density at radius 3 is 2.53 bits per heavy atom. The minimum atomic E-state index is -0.692. The number of allylic oxidation sites excluding steroid dienone is 1. The van der Waals surface area contributed by atoms with Crippen LogP contribution in [-0.4, -0.2) is 17.2 Å². The Bertz CT molecular complexity index is 284. The van der Waals surface area contributed by atoms with E-state index in [0.717, 1.165) is 37.9 Å². The summed E-state index contributed by atoms with van der Waals surface area (Å²) in [5.74, 6) is 0.427. The molecular weight excluding hydrogens is 240 g/mol. The van der Waals surface area contributed by atoms with Crippen LogP contribution in [0.1, 0.15) is 77.6 Å². The molecule has 1 unspecified atom stereocenters. The summed E-state index contributed by atoms with van der Waals surface area (Å²) < 4.78 is 5.72. The van der Waals surface area contributed by atoms with Gasteiger partial charge in [-0.3, -0.25) is 4.79 Å². The highest BCUT2D eigenvalue weighted by Crippen LogP contribution is 2.26. The van der Waals surface area contributed by atoms with E-state index in [4.69, 9.17) is 9.84 Å². The molecule has 1 aliphatic rings. The maximum Gasteiger partial charge on any atom is 0.303 e. The minimum Gasteiger partial charge on any atom is -0.491 e. The van der Waals surface area contributed by atoms with Crippen molar-refractivity contribution < 1.29 is 14.6 Å². The zero-order valence-corrected chi connectivity index (χ0v) is 12.2. The van der Waals surface area contributed by atoms with Crippen LogP contribution in [0.3, 0.4) is 0 Å². The van der Waals surface area contributed by atoms with Crippen molar-refractivity contribution in [2.45, 2.75) is 83.7 Å². The van der Waals surface area contributed by atoms with Gasteiger partial charge in [-0.1, -0.05) is 39.0 Å². The summed E-state index contributed by atoms with van der Waals surface area (Å²) in [5, 5.41) is 8.51. The molecule has 0 aromatic heterocycles. The van der Waals surface area contributed by atoms with E-state index in [2.05, 4.69) is 13.0 Å². The lowest BCUT2D eigenvalue weighted by Gasteiger charge is -2.27. The lowest BCUT2D eigenvalue weighted by Crippen LogP contribution is -2.20. The fraction of sp³-hybridized carbons (Fsp3) is 0.812. The minimum absolute atomic E-state index is 0.292. The molecule has 0 aliphatic carbocycles. The zero-order chi connectivity index (χ0) is 13.9. The van der Waals surface area contributed by atoms with Crippen molar-refractivity contribution in [3.05, 3.63) is 11.8 Å². The second-order valence-corrected chi connectivity index (χ2v) is 5.45. The molecule has 1 aliphatic heterocycles. The van der Waals surface area contributed by atoms with E-state index >= 15 is 0 Å². The molecule has 110 valence electrons. The summed E-state index contributed by atoms with van der Waals surface area (Å²) in [7, 11) is 0. The summed E-state index contributed by atoms with van der Waals surface area (Å²) in [6.07, 6.45) is 14.4. The molecule has 3 nitrogen and oxygen atoms in total. The first-order valence-electron chi connectivity index (χ1n) is 7.81. The van der Waals surface area contributed by atoms with Gasteiger partial charge >= 0.3 is 5.97 Å². The van der Waals surface area contributed by atoms with Gasteiger partial charge in [-0.05, 0) is 31.8 Å². The van der Waals surface area contributed by atoms with Crippen molar-refractivity contribution in [3.63, 3.8) is 0 Å². The second kappa shape index (κ2) is 9.88. The Morgan fingerprint density at radius 2 is 1.84 bits per heavy atom. The third-order valence-corrected chi connectivity index (χ3v) is 3.58. The number of rotatable bonds is 12. The summed E-state index contributed by atoms with van der Waals surface area (Å²) in [6.45, 7) is 2.24. The van der Waals surface area contributed by atoms with Crippen LogP contribution in [0.5, 0.6) is 0 Å². The summed E-state index contributed by atoms with van der Waals surface area (Å²) >= 11 is 0. The molecule has 0 bridgehead atoms. The number of carboxylic acids is 1. The van der Waals surface area contributed by atoms with E-state index in [1.54, 1.807) is 0 Å². The van der Waals surface area contributed by atoms with E-state index in [9.17, 15) is 4.79 Å². The quantitative estimate of drug-likeness (QED) is 0.523. The Kier molecular flexibility index (Phi) is 8.35. The number of carboxylic acid groups (broad SMARTS) is 1. The van der Waals surface area contributed by atoms with Crippen LogP contribution in [0.2, 0.25) is 0 Å². The van der Waals surface area contributed by atoms with Gasteiger partial charge in [0.1, 0.15) is 6.10 Å². The Morgan fingerprint density at radius 1 is 1.16 bits per heavy atom. The van der Waals surface area contributed by atoms with E-state index in [1.165, 1.54) is 32.1 Å². The maximum absolute atomic E-state index is 10.3. The lowest BCUT2D eigenvalue weighted by molar-refractivity contribution is -0.137. The fourth-order valence-electron chi connectivity index (χ4n) is 2.39. The molecule has 0 saturated heterocycles. The number of ether oxygens (including phenoxy) is 1. The van der Waals surface area contributed by atoms with Crippen LogP contribution in [0.4, 0.5) is 0 Å². The summed E-state index contributed by atoms with van der Waals surface area (Å²) in [5.41, 5.74) is 0. The normalized spacial score (nSPS) is 17.5. The molecule has 19 heavy (non-hydrogen) atoms. The van der Waals surface area contributed by atoms with E-state index in [0.29, 0.717) is 12.5 Å². The topological polar surface area (TPSA) is 46.5 Å². The Balaban J connectivity index is 1.89. The number of hydrogen-bond acceptors (Lipinski definition) is 2. The molecule has 0 spiro atoms. The van der Waals surface area contributed by atoms with Gasteiger partial charge in [-0.2, -0.15) is 0 Å². The Hall–Kier alpha value is -0.990. The average Bonchev–Trinajstić information content (AvgIpc) is 2.33. The lowest BCUT2D eigenvalue weighted by atomic mass is 10.0. The van der Waals surface area contributed by atoms with Gasteiger partial charge in [0.05, 0.1) is 5.76 Å². The number of unbranched alkanes of at least 4 members (excludes halogenated alkanes) is 6. The molecule has 1 rings (SSSR count). The van der Waals surface area contributed by atoms with Gasteiger partial charge in [0.15, 0.2) is 0 Å². The van der Waals surface area contributed by atoms with Crippen molar-refractivity contribution in [1.82, 2.24) is 0 Å². The highest BCUT2D eigenvalue weighted by atomic mass is 16.5. The molecule has 0 radical (unpaired) electrons. The van der Waals surface area contributed by atoms with Crippen LogP contribution in [0.15, 0.2) is 11.8 Å². The predicted octanol–water partition coefficient (Wildman–Crippen LogP) is 4.66. The molecule has 1 heterocycles. The molecule has 0 amide bonds. The molecular formula is C16H28O3. The van der Waals surface area contributed by atoms with Gasteiger partial charge in [-0.25, -0.2) is 0 Å². The van der Waals surface area contributed by atoms with Gasteiger partial charge in [-0.15, -0.1) is 0 Å². The largest absolute Gasteiger partial charge is 0.491 e. The van der Waals surface area contributed by atoms with Crippen LogP contribution < -0.4 is 0 Å². The molecule has 3 heteroatoms. The SMILES string of the molecule is CCCCCCCC1C=C(CCCCCC(=O)O)O1. The Labute approximate surface area is 117 Å². The van der Waals surface area contributed by atoms with Gasteiger partial charge < -0.3 is 9.84 Å². The van der Waals surface area contributed by atoms with Crippen LogP contribution >= 0.6 is 0 Å². The monoisotopic (exact) mass is 268 g/mol. The van der Waals surface area contributed by atoms with Crippen LogP contribution in [0, 0.1) is 0 Å². The first-order valence-corrected chi connectivity index (χ1v) is 7.81. The second-order valence-electron chi connectivity index (χ2n) is 5.45. The smallest absolute Gasteiger partial charge is 0.303 e. The first kappa shape index (κ1) is 16.1. The number of aliphatic carboxylic acids is 1. The third kappa shape index (κ3) is 7.91. The number of carbonyl (C=O) groups is 1. The van der Waals surface area contributed by atoms with Gasteiger partial charge in [0.2, 0.25) is 0 Å². The zero-order valence-electron chi connectivity index (χ0n) is 12.2. The number of hydrogen-bond donors (Lipinski definition) is 1. The molecule has 1 N–H and O–H groups in total. The standard InChI is InChI=1S/C16H28O3/c1-2-3-4-5-7-10-14-13-15(19-14)11-8-6-9-12-16(17)18/h13-14H,2-12H2,1H3,(H,17,18). The highest BCUT2D eigenvalue weighted by molar-refractivity contribution is 5.66. The van der Waals surface area contributed by atoms with E-state index in [-0.39, 0.29) is 0 Å². The van der Waals surface area contributed by atoms with Gasteiger partial charge in [0, 0.05) is 12.8 Å². The van der Waals surface area contributed by atoms with Crippen LogP contribution in [0.25, 0.3) is 0 Å². The molecule has 0 saturated carbocycles. The average molecular weight is 268 g/mol. The van der Waals surface area contributed by atoms with Gasteiger partial charge in [0.25, 0.3) is 0 Å². The van der Waals surface area contributed by atoms with Crippen molar-refractivity contribution in [2.75, 3.05) is 0 Å². The fourth-order valence-corrected chi connectivity index (χ4v) is 2.39. The molecule has 0 aromatic carbocycles. The van der Waals surface area contributed by atoms with Crippen molar-refractivity contribution in [3.8, 4) is 0 Å². The van der Waals surface area contributed by atoms with Crippen molar-refractivity contribution in [2.24, 2.45) is 0 Å². The highest BCUT2D eigenvalue weighted by Gasteiger charge is 2.19. The molecule has 0 aromatic rings.